The molecule has 2 saturated heterocycles. The van der Waals surface area contributed by atoms with Crippen molar-refractivity contribution < 1.29 is 4.74 Å². The van der Waals surface area contributed by atoms with Gasteiger partial charge in [-0.15, -0.1) is 0 Å². The van der Waals surface area contributed by atoms with E-state index in [0.717, 1.165) is 44.5 Å². The van der Waals surface area contributed by atoms with Crippen LogP contribution in [0.25, 0.3) is 0 Å². The minimum Gasteiger partial charge on any atom is -0.381 e. The number of aromatic nitrogens is 2. The molecule has 0 radical (unpaired) electrons. The highest BCUT2D eigenvalue weighted by atomic mass is 16.5. The van der Waals surface area contributed by atoms with Gasteiger partial charge in [-0.25, -0.2) is 4.99 Å². The number of likely N-dealkylation sites (tertiary alicyclic amines) is 1. The maximum absolute atomic E-state index is 5.61. The molecular weight excluding hydrogens is 266 g/mol. The SMILES string of the molecule is CCNC(=NCc1ccnn1C)N1CCC2(CCOC2)C1. The van der Waals surface area contributed by atoms with Crippen LogP contribution in [0.2, 0.25) is 0 Å². The van der Waals surface area contributed by atoms with Crippen LogP contribution in [0, 0.1) is 5.41 Å². The number of nitrogens with one attached hydrogen (secondary N) is 1. The Balaban J connectivity index is 1.68. The highest BCUT2D eigenvalue weighted by molar-refractivity contribution is 5.80. The van der Waals surface area contributed by atoms with Crippen molar-refractivity contribution in [1.82, 2.24) is 20.0 Å². The van der Waals surface area contributed by atoms with Crippen LogP contribution in [0.1, 0.15) is 25.5 Å². The van der Waals surface area contributed by atoms with Gasteiger partial charge in [-0.2, -0.15) is 5.10 Å². The number of aryl methyl sites for hydroxylation is 1. The molecule has 1 spiro atoms. The minimum absolute atomic E-state index is 0.364. The number of rotatable bonds is 3. The van der Waals surface area contributed by atoms with Crippen LogP contribution < -0.4 is 5.32 Å². The molecule has 1 aromatic rings. The number of guanidine groups is 1. The van der Waals surface area contributed by atoms with E-state index in [-0.39, 0.29) is 0 Å². The zero-order valence-corrected chi connectivity index (χ0v) is 13.0. The van der Waals surface area contributed by atoms with Crippen molar-refractivity contribution in [1.29, 1.82) is 0 Å². The van der Waals surface area contributed by atoms with Gasteiger partial charge in [-0.05, 0) is 25.8 Å². The molecule has 3 rings (SSSR count). The van der Waals surface area contributed by atoms with Crippen LogP contribution in [0.4, 0.5) is 0 Å². The average Bonchev–Trinajstić information content (AvgIpc) is 3.19. The fraction of sp³-hybridized carbons (Fsp3) is 0.733. The lowest BCUT2D eigenvalue weighted by atomic mass is 9.87. The minimum atomic E-state index is 0.364. The summed E-state index contributed by atoms with van der Waals surface area (Å²) >= 11 is 0. The Bertz CT molecular complexity index is 504. The van der Waals surface area contributed by atoms with Gasteiger partial charge in [-0.3, -0.25) is 4.68 Å². The molecule has 1 unspecified atom stereocenters. The molecule has 2 aliphatic heterocycles. The molecule has 0 aromatic carbocycles. The monoisotopic (exact) mass is 291 g/mol. The maximum atomic E-state index is 5.61. The van der Waals surface area contributed by atoms with Crippen molar-refractivity contribution in [3.05, 3.63) is 18.0 Å². The van der Waals surface area contributed by atoms with E-state index in [1.807, 2.05) is 24.0 Å². The van der Waals surface area contributed by atoms with Crippen molar-refractivity contribution in [2.45, 2.75) is 26.3 Å². The largest absolute Gasteiger partial charge is 0.381 e. The Kier molecular flexibility index (Phi) is 4.14. The van der Waals surface area contributed by atoms with E-state index in [1.165, 1.54) is 12.8 Å². The van der Waals surface area contributed by atoms with Gasteiger partial charge in [0, 0.05) is 44.9 Å². The van der Waals surface area contributed by atoms with Gasteiger partial charge in [0.05, 0.1) is 18.8 Å². The number of hydrogen-bond donors (Lipinski definition) is 1. The molecule has 1 atom stereocenters. The highest BCUT2D eigenvalue weighted by Crippen LogP contribution is 2.38. The molecule has 0 aliphatic carbocycles. The van der Waals surface area contributed by atoms with Crippen molar-refractivity contribution >= 4 is 5.96 Å². The molecule has 1 N–H and O–H groups in total. The fourth-order valence-corrected chi connectivity index (χ4v) is 3.23. The van der Waals surface area contributed by atoms with Crippen molar-refractivity contribution in [3.63, 3.8) is 0 Å². The maximum Gasteiger partial charge on any atom is 0.194 e. The third-order valence-corrected chi connectivity index (χ3v) is 4.57. The van der Waals surface area contributed by atoms with Gasteiger partial charge in [-0.1, -0.05) is 0 Å². The summed E-state index contributed by atoms with van der Waals surface area (Å²) in [5.41, 5.74) is 1.49. The van der Waals surface area contributed by atoms with Crippen LogP contribution >= 0.6 is 0 Å². The van der Waals surface area contributed by atoms with Gasteiger partial charge < -0.3 is 15.0 Å². The smallest absolute Gasteiger partial charge is 0.194 e. The van der Waals surface area contributed by atoms with Crippen LogP contribution in [0.5, 0.6) is 0 Å². The van der Waals surface area contributed by atoms with E-state index in [0.29, 0.717) is 12.0 Å². The third-order valence-electron chi connectivity index (χ3n) is 4.57. The fourth-order valence-electron chi connectivity index (χ4n) is 3.23. The second-order valence-corrected chi connectivity index (χ2v) is 6.09. The zero-order valence-electron chi connectivity index (χ0n) is 13.0. The Morgan fingerprint density at radius 1 is 1.52 bits per heavy atom. The molecule has 0 saturated carbocycles. The topological polar surface area (TPSA) is 54.7 Å². The van der Waals surface area contributed by atoms with Crippen LogP contribution in [-0.2, 0) is 18.3 Å². The number of aliphatic imine (C=N–C) groups is 1. The van der Waals surface area contributed by atoms with Gasteiger partial charge in [0.25, 0.3) is 0 Å². The van der Waals surface area contributed by atoms with E-state index in [9.17, 15) is 0 Å². The molecule has 6 heteroatoms. The van der Waals surface area contributed by atoms with Gasteiger partial charge in [0.1, 0.15) is 0 Å². The first-order valence-electron chi connectivity index (χ1n) is 7.80. The average molecular weight is 291 g/mol. The van der Waals surface area contributed by atoms with E-state index in [1.54, 1.807) is 0 Å². The summed E-state index contributed by atoms with van der Waals surface area (Å²) in [6, 6.07) is 2.02. The molecular formula is C15H25N5O. The Morgan fingerprint density at radius 2 is 2.43 bits per heavy atom. The van der Waals surface area contributed by atoms with Gasteiger partial charge >= 0.3 is 0 Å². The Labute approximate surface area is 126 Å². The quantitative estimate of drug-likeness (QED) is 0.667. The second kappa shape index (κ2) is 6.05. The molecule has 0 bridgehead atoms. The molecule has 2 aliphatic rings. The molecule has 0 amide bonds. The predicted molar refractivity (Wildman–Crippen MR) is 82.1 cm³/mol. The van der Waals surface area contributed by atoms with E-state index in [2.05, 4.69) is 22.2 Å². The van der Waals surface area contributed by atoms with Crippen LogP contribution in [0.15, 0.2) is 17.3 Å². The lowest BCUT2D eigenvalue weighted by Gasteiger charge is -2.24. The normalized spacial score (nSPS) is 26.0. The third kappa shape index (κ3) is 3.05. The second-order valence-electron chi connectivity index (χ2n) is 6.09. The van der Waals surface area contributed by atoms with Crippen LogP contribution in [-0.4, -0.2) is 53.5 Å². The summed E-state index contributed by atoms with van der Waals surface area (Å²) in [7, 11) is 1.96. The molecule has 116 valence electrons. The van der Waals surface area contributed by atoms with E-state index >= 15 is 0 Å². The number of ether oxygens (including phenoxy) is 1. The molecule has 6 nitrogen and oxygen atoms in total. The van der Waals surface area contributed by atoms with Crippen molar-refractivity contribution in [2.75, 3.05) is 32.8 Å². The first-order valence-corrected chi connectivity index (χ1v) is 7.80. The summed E-state index contributed by atoms with van der Waals surface area (Å²) < 4.78 is 7.48. The lowest BCUT2D eigenvalue weighted by Crippen LogP contribution is -2.41. The van der Waals surface area contributed by atoms with Gasteiger partial charge in [0.2, 0.25) is 0 Å². The summed E-state index contributed by atoms with van der Waals surface area (Å²) in [4.78, 5) is 7.17. The lowest BCUT2D eigenvalue weighted by molar-refractivity contribution is 0.156. The van der Waals surface area contributed by atoms with Crippen LogP contribution in [0.3, 0.4) is 0 Å². The number of hydrogen-bond acceptors (Lipinski definition) is 3. The van der Waals surface area contributed by atoms with Crippen molar-refractivity contribution in [3.8, 4) is 0 Å². The molecule has 21 heavy (non-hydrogen) atoms. The summed E-state index contributed by atoms with van der Waals surface area (Å²) in [5.74, 6) is 1.02. The Hall–Kier alpha value is -1.56. The first-order chi connectivity index (χ1) is 10.2. The molecule has 3 heterocycles. The van der Waals surface area contributed by atoms with Gasteiger partial charge in [0.15, 0.2) is 5.96 Å². The standard InChI is InChI=1S/C15H25N5O/c1-3-16-14(17-10-13-4-7-18-19(13)2)20-8-5-15(11-20)6-9-21-12-15/h4,7H,3,5-6,8-12H2,1-2H3,(H,16,17). The number of nitrogens with zero attached hydrogens (tertiary/aromatic N) is 4. The highest BCUT2D eigenvalue weighted by Gasteiger charge is 2.42. The Morgan fingerprint density at radius 3 is 3.10 bits per heavy atom. The summed E-state index contributed by atoms with van der Waals surface area (Å²) in [6.07, 6.45) is 4.21. The van der Waals surface area contributed by atoms with E-state index < -0.39 is 0 Å². The van der Waals surface area contributed by atoms with E-state index in [4.69, 9.17) is 9.73 Å². The van der Waals surface area contributed by atoms with Crippen molar-refractivity contribution in [2.24, 2.45) is 17.5 Å². The first kappa shape index (κ1) is 14.4. The predicted octanol–water partition coefficient (Wildman–Crippen LogP) is 0.998. The summed E-state index contributed by atoms with van der Waals surface area (Å²) in [5, 5.41) is 7.61. The zero-order chi connectivity index (χ0) is 14.7. The summed E-state index contributed by atoms with van der Waals surface area (Å²) in [6.45, 7) is 7.62. The molecule has 2 fully saturated rings. The molecule has 1 aromatic heterocycles.